The van der Waals surface area contributed by atoms with Crippen molar-refractivity contribution in [3.05, 3.63) is 76.5 Å². The summed E-state index contributed by atoms with van der Waals surface area (Å²) in [6, 6.07) is 11.2. The van der Waals surface area contributed by atoms with Crippen LogP contribution in [0.2, 0.25) is 0 Å². The second-order valence-corrected chi connectivity index (χ2v) is 7.63. The summed E-state index contributed by atoms with van der Waals surface area (Å²) in [5.74, 6) is -0.724. The fraction of sp³-hybridized carbons (Fsp3) is 0.200. The highest BCUT2D eigenvalue weighted by molar-refractivity contribution is 8.00. The lowest BCUT2D eigenvalue weighted by Gasteiger charge is -2.15. The van der Waals surface area contributed by atoms with Gasteiger partial charge in [0.25, 0.3) is 0 Å². The van der Waals surface area contributed by atoms with Crippen LogP contribution in [-0.2, 0) is 4.79 Å². The van der Waals surface area contributed by atoms with Gasteiger partial charge in [-0.1, -0.05) is 17.7 Å². The van der Waals surface area contributed by atoms with Crippen LogP contribution < -0.4 is 5.32 Å². The number of hydrogen-bond acceptors (Lipinski definition) is 3. The molecule has 1 atom stereocenters. The van der Waals surface area contributed by atoms with Gasteiger partial charge in [0, 0.05) is 11.6 Å². The standard InChI is InChI=1S/C20H17F2N3OS/c1-11-3-5-16(6-4-11)25-20-18(12(2)24-25)19(27-10-17(26)23-20)13-7-14(21)9-15(22)8-13/h3-9,19H,10H2,1-2H3,(H,23,26)/t19-/m0/s1. The summed E-state index contributed by atoms with van der Waals surface area (Å²) in [7, 11) is 0. The summed E-state index contributed by atoms with van der Waals surface area (Å²) in [6.45, 7) is 3.83. The van der Waals surface area contributed by atoms with Crippen molar-refractivity contribution in [1.29, 1.82) is 0 Å². The Labute approximate surface area is 159 Å². The summed E-state index contributed by atoms with van der Waals surface area (Å²) >= 11 is 1.33. The average Bonchev–Trinajstić information content (AvgIpc) is 2.81. The number of rotatable bonds is 2. The largest absolute Gasteiger partial charge is 0.310 e. The van der Waals surface area contributed by atoms with Crippen LogP contribution in [-0.4, -0.2) is 21.4 Å². The van der Waals surface area contributed by atoms with Crippen molar-refractivity contribution < 1.29 is 13.6 Å². The van der Waals surface area contributed by atoms with Gasteiger partial charge in [-0.15, -0.1) is 11.8 Å². The van der Waals surface area contributed by atoms with Crippen LogP contribution in [0, 0.1) is 25.5 Å². The van der Waals surface area contributed by atoms with Crippen molar-refractivity contribution in [3.8, 4) is 5.69 Å². The number of anilines is 1. The van der Waals surface area contributed by atoms with Gasteiger partial charge in [-0.25, -0.2) is 13.5 Å². The average molecular weight is 385 g/mol. The third-order valence-corrected chi connectivity index (χ3v) is 5.74. The zero-order chi connectivity index (χ0) is 19.1. The number of fused-ring (bicyclic) bond motifs is 1. The molecular weight excluding hydrogens is 368 g/mol. The second-order valence-electron chi connectivity index (χ2n) is 6.54. The molecule has 0 bridgehead atoms. The number of carbonyl (C=O) groups is 1. The van der Waals surface area contributed by atoms with E-state index >= 15 is 0 Å². The highest BCUT2D eigenvalue weighted by Crippen LogP contribution is 2.44. The zero-order valence-corrected chi connectivity index (χ0v) is 15.6. The molecule has 2 heterocycles. The van der Waals surface area contributed by atoms with Crippen molar-refractivity contribution in [2.75, 3.05) is 11.1 Å². The summed E-state index contributed by atoms with van der Waals surface area (Å²) in [4.78, 5) is 12.3. The molecule has 0 aliphatic carbocycles. The molecule has 1 aromatic heterocycles. The Bertz CT molecular complexity index is 1010. The Hall–Kier alpha value is -2.67. The first-order chi connectivity index (χ1) is 12.9. The molecule has 0 spiro atoms. The predicted molar refractivity (Wildman–Crippen MR) is 102 cm³/mol. The van der Waals surface area contributed by atoms with Gasteiger partial charge in [0.05, 0.1) is 22.4 Å². The lowest BCUT2D eigenvalue weighted by atomic mass is 10.0. The highest BCUT2D eigenvalue weighted by atomic mass is 32.2. The van der Waals surface area contributed by atoms with Crippen LogP contribution in [0.15, 0.2) is 42.5 Å². The molecule has 138 valence electrons. The molecule has 3 aromatic rings. The number of thioether (sulfide) groups is 1. The molecule has 1 aliphatic rings. The smallest absolute Gasteiger partial charge is 0.235 e. The number of halogens is 2. The van der Waals surface area contributed by atoms with E-state index in [0.29, 0.717) is 17.1 Å². The number of aryl methyl sites for hydroxylation is 2. The third-order valence-electron chi connectivity index (χ3n) is 4.47. The molecule has 7 heteroatoms. The van der Waals surface area contributed by atoms with Crippen molar-refractivity contribution in [1.82, 2.24) is 9.78 Å². The van der Waals surface area contributed by atoms with Crippen LogP contribution >= 0.6 is 11.8 Å². The normalized spacial score (nSPS) is 16.6. The SMILES string of the molecule is Cc1ccc(-n2nc(C)c3c2NC(=O)CS[C@H]3c2cc(F)cc(F)c2)cc1. The first-order valence-corrected chi connectivity index (χ1v) is 9.51. The molecule has 0 fully saturated rings. The third kappa shape index (κ3) is 3.35. The number of nitrogens with one attached hydrogen (secondary N) is 1. The van der Waals surface area contributed by atoms with E-state index in [-0.39, 0.29) is 11.7 Å². The molecule has 27 heavy (non-hydrogen) atoms. The summed E-state index contributed by atoms with van der Waals surface area (Å²) in [5, 5.41) is 7.10. The van der Waals surface area contributed by atoms with E-state index in [2.05, 4.69) is 10.4 Å². The van der Waals surface area contributed by atoms with Crippen molar-refractivity contribution in [2.24, 2.45) is 0 Å². The Morgan fingerprint density at radius 3 is 2.44 bits per heavy atom. The lowest BCUT2D eigenvalue weighted by Crippen LogP contribution is -2.15. The number of amides is 1. The van der Waals surface area contributed by atoms with Crippen molar-refractivity contribution in [2.45, 2.75) is 19.1 Å². The van der Waals surface area contributed by atoms with E-state index in [4.69, 9.17) is 0 Å². The van der Waals surface area contributed by atoms with E-state index in [9.17, 15) is 13.6 Å². The molecular formula is C20H17F2N3OS. The van der Waals surface area contributed by atoms with E-state index < -0.39 is 16.9 Å². The summed E-state index contributed by atoms with van der Waals surface area (Å²) in [6.07, 6.45) is 0. The molecule has 0 saturated carbocycles. The number of benzene rings is 2. The van der Waals surface area contributed by atoms with Gasteiger partial charge in [-0.2, -0.15) is 5.10 Å². The molecule has 0 radical (unpaired) electrons. The molecule has 1 aliphatic heterocycles. The first kappa shape index (κ1) is 17.7. The highest BCUT2D eigenvalue weighted by Gasteiger charge is 2.31. The first-order valence-electron chi connectivity index (χ1n) is 8.46. The van der Waals surface area contributed by atoms with Crippen molar-refractivity contribution in [3.63, 3.8) is 0 Å². The number of hydrogen-bond donors (Lipinski definition) is 1. The minimum absolute atomic E-state index is 0.172. The summed E-state index contributed by atoms with van der Waals surface area (Å²) < 4.78 is 29.3. The molecule has 1 N–H and O–H groups in total. The van der Waals surface area contributed by atoms with Gasteiger partial charge < -0.3 is 5.32 Å². The fourth-order valence-electron chi connectivity index (χ4n) is 3.25. The maximum absolute atomic E-state index is 13.8. The molecule has 0 saturated heterocycles. The van der Waals surface area contributed by atoms with Crippen LogP contribution in [0.1, 0.15) is 27.6 Å². The van der Waals surface area contributed by atoms with Crippen LogP contribution in [0.3, 0.4) is 0 Å². The van der Waals surface area contributed by atoms with E-state index in [1.54, 1.807) is 4.68 Å². The molecule has 2 aromatic carbocycles. The Morgan fingerprint density at radius 1 is 1.11 bits per heavy atom. The Morgan fingerprint density at radius 2 is 1.78 bits per heavy atom. The Kier molecular flexibility index (Phi) is 4.47. The van der Waals surface area contributed by atoms with Crippen LogP contribution in [0.25, 0.3) is 5.69 Å². The molecule has 4 nitrogen and oxygen atoms in total. The maximum atomic E-state index is 13.8. The van der Waals surface area contributed by atoms with Crippen molar-refractivity contribution >= 4 is 23.5 Å². The van der Waals surface area contributed by atoms with E-state index in [1.807, 2.05) is 38.1 Å². The zero-order valence-electron chi connectivity index (χ0n) is 14.8. The fourth-order valence-corrected chi connectivity index (χ4v) is 4.41. The van der Waals surface area contributed by atoms with Gasteiger partial charge >= 0.3 is 0 Å². The van der Waals surface area contributed by atoms with Gasteiger partial charge in [0.1, 0.15) is 17.5 Å². The number of nitrogens with zero attached hydrogens (tertiary/aromatic N) is 2. The second kappa shape index (κ2) is 6.81. The summed E-state index contributed by atoms with van der Waals surface area (Å²) in [5.41, 5.74) is 3.86. The topological polar surface area (TPSA) is 46.9 Å². The molecule has 4 rings (SSSR count). The van der Waals surface area contributed by atoms with E-state index in [0.717, 1.165) is 22.9 Å². The maximum Gasteiger partial charge on any atom is 0.235 e. The number of carbonyl (C=O) groups excluding carboxylic acids is 1. The predicted octanol–water partition coefficient (Wildman–Crippen LogP) is 4.54. The lowest BCUT2D eigenvalue weighted by molar-refractivity contribution is -0.113. The van der Waals surface area contributed by atoms with Gasteiger partial charge in [0.15, 0.2) is 0 Å². The van der Waals surface area contributed by atoms with E-state index in [1.165, 1.54) is 23.9 Å². The minimum Gasteiger partial charge on any atom is -0.310 e. The van der Waals surface area contributed by atoms with Gasteiger partial charge in [-0.05, 0) is 43.7 Å². The quantitative estimate of drug-likeness (QED) is 0.704. The molecule has 1 amide bonds. The van der Waals surface area contributed by atoms with Crippen LogP contribution in [0.5, 0.6) is 0 Å². The Balaban J connectivity index is 1.90. The monoisotopic (exact) mass is 385 g/mol. The van der Waals surface area contributed by atoms with Gasteiger partial charge in [-0.3, -0.25) is 4.79 Å². The molecule has 0 unspecified atom stereocenters. The van der Waals surface area contributed by atoms with Crippen LogP contribution in [0.4, 0.5) is 14.6 Å². The minimum atomic E-state index is -0.640. The number of aromatic nitrogens is 2. The van der Waals surface area contributed by atoms with Gasteiger partial charge in [0.2, 0.25) is 5.91 Å².